The Balaban J connectivity index is 4.76. The average Bonchev–Trinajstić information content (AvgIpc) is 3.00. The Morgan fingerprint density at radius 2 is 0.930 bits per heavy atom. The van der Waals surface area contributed by atoms with Gasteiger partial charge in [-0.1, -0.05) is 26.7 Å². The Morgan fingerprint density at radius 3 is 1.30 bits per heavy atom. The van der Waals surface area contributed by atoms with Gasteiger partial charge in [-0.3, -0.25) is 24.1 Å². The lowest BCUT2D eigenvalue weighted by molar-refractivity contribution is -0.155. The highest BCUT2D eigenvalue weighted by molar-refractivity contribution is 6.60. The molecule has 4 N–H and O–H groups in total. The molecule has 0 radical (unpaired) electrons. The minimum atomic E-state index is -2.78. The molecule has 248 valence electrons. The smallest absolute Gasteiger partial charge is 0.459 e. The predicted octanol–water partition coefficient (Wildman–Crippen LogP) is -1.29. The molecule has 0 saturated heterocycles. The highest BCUT2D eigenvalue weighted by Gasteiger charge is 2.36. The van der Waals surface area contributed by atoms with Crippen LogP contribution in [0, 0.1) is 0 Å². The van der Waals surface area contributed by atoms with Crippen molar-refractivity contribution >= 4 is 44.4 Å². The van der Waals surface area contributed by atoms with Crippen molar-refractivity contribution in [1.29, 1.82) is 0 Å². The molecule has 16 nitrogen and oxygen atoms in total. The largest absolute Gasteiger partial charge is 0.500 e. The van der Waals surface area contributed by atoms with Gasteiger partial charge in [0.05, 0.1) is 13.2 Å². The minimum Gasteiger partial charge on any atom is -0.459 e. The summed E-state index contributed by atoms with van der Waals surface area (Å²) in [6.45, 7) is 5.27. The van der Waals surface area contributed by atoms with Crippen LogP contribution in [-0.4, -0.2) is 130 Å². The first kappa shape index (κ1) is 39.9. The van der Waals surface area contributed by atoms with E-state index in [1.807, 2.05) is 13.8 Å². The molecule has 0 aromatic heterocycles. The standard InChI is InChI=1S/C26H49N5O11Si/c1-6-8-18-41-25(36)23(34)29-13-16-31(17-14-30-24(35)26(37)42-19-9-7-2)15-12-28-22(33)21(32)27-11-10-20-43(38-3,39-4)40-5/h6-20H2,1-5H3,(H,27,32)(H,28,33)(H,29,34)(H,30,35). The van der Waals surface area contributed by atoms with Gasteiger partial charge in [0.15, 0.2) is 0 Å². The average molecular weight is 636 g/mol. The van der Waals surface area contributed by atoms with Crippen LogP contribution >= 0.6 is 0 Å². The van der Waals surface area contributed by atoms with E-state index in [0.717, 1.165) is 12.8 Å². The number of esters is 2. The Labute approximate surface area is 254 Å². The molecule has 0 unspecified atom stereocenters. The molecule has 0 spiro atoms. The van der Waals surface area contributed by atoms with Gasteiger partial charge in [-0.05, 0) is 19.3 Å². The Hall–Kier alpha value is -3.12. The highest BCUT2D eigenvalue weighted by atomic mass is 28.4. The molecule has 0 aliphatic rings. The van der Waals surface area contributed by atoms with E-state index in [-0.39, 0.29) is 59.0 Å². The number of rotatable bonds is 22. The van der Waals surface area contributed by atoms with Crippen LogP contribution in [0.2, 0.25) is 6.04 Å². The molecule has 0 heterocycles. The summed E-state index contributed by atoms with van der Waals surface area (Å²) < 4.78 is 25.7. The van der Waals surface area contributed by atoms with Crippen LogP contribution in [0.15, 0.2) is 0 Å². The first-order chi connectivity index (χ1) is 20.6. The summed E-state index contributed by atoms with van der Waals surface area (Å²) in [5, 5.41) is 9.97. The van der Waals surface area contributed by atoms with Gasteiger partial charge in [-0.25, -0.2) is 9.59 Å². The van der Waals surface area contributed by atoms with Gasteiger partial charge >= 0.3 is 44.4 Å². The second-order valence-corrected chi connectivity index (χ2v) is 12.3. The maximum atomic E-state index is 12.2. The molecule has 0 rings (SSSR count). The molecule has 0 aliphatic carbocycles. The van der Waals surface area contributed by atoms with Crippen molar-refractivity contribution < 1.29 is 51.5 Å². The number of carbonyl (C=O) groups excluding carboxylic acids is 6. The summed E-state index contributed by atoms with van der Waals surface area (Å²) in [4.78, 5) is 73.6. The first-order valence-corrected chi connectivity index (χ1v) is 16.4. The second kappa shape index (κ2) is 24.3. The summed E-state index contributed by atoms with van der Waals surface area (Å²) >= 11 is 0. The van der Waals surface area contributed by atoms with Crippen LogP contribution in [0.3, 0.4) is 0 Å². The lowest BCUT2D eigenvalue weighted by atomic mass is 10.3. The van der Waals surface area contributed by atoms with Crippen molar-refractivity contribution in [3.05, 3.63) is 0 Å². The maximum Gasteiger partial charge on any atom is 0.500 e. The van der Waals surface area contributed by atoms with Gasteiger partial charge in [0.2, 0.25) is 0 Å². The third-order valence-electron chi connectivity index (χ3n) is 6.06. The summed E-state index contributed by atoms with van der Waals surface area (Å²) in [7, 11) is 1.69. The van der Waals surface area contributed by atoms with Crippen LogP contribution in [0.4, 0.5) is 0 Å². The van der Waals surface area contributed by atoms with Gasteiger partial charge in [0, 0.05) is 73.2 Å². The van der Waals surface area contributed by atoms with Crippen LogP contribution in [-0.2, 0) is 51.5 Å². The molecular weight excluding hydrogens is 586 g/mol. The van der Waals surface area contributed by atoms with Gasteiger partial charge in [0.1, 0.15) is 0 Å². The van der Waals surface area contributed by atoms with Crippen LogP contribution in [0.5, 0.6) is 0 Å². The van der Waals surface area contributed by atoms with Crippen molar-refractivity contribution in [2.45, 2.75) is 52.0 Å². The molecule has 0 atom stereocenters. The van der Waals surface area contributed by atoms with Gasteiger partial charge in [-0.15, -0.1) is 0 Å². The fourth-order valence-corrected chi connectivity index (χ4v) is 5.16. The zero-order valence-electron chi connectivity index (χ0n) is 26.0. The monoisotopic (exact) mass is 635 g/mol. The van der Waals surface area contributed by atoms with Crippen LogP contribution in [0.1, 0.15) is 46.0 Å². The van der Waals surface area contributed by atoms with Gasteiger partial charge < -0.3 is 44.0 Å². The van der Waals surface area contributed by atoms with E-state index in [0.29, 0.717) is 25.3 Å². The Bertz CT molecular complexity index is 826. The van der Waals surface area contributed by atoms with E-state index < -0.39 is 44.4 Å². The lowest BCUT2D eigenvalue weighted by Gasteiger charge is -2.24. The van der Waals surface area contributed by atoms with Crippen molar-refractivity contribution in [3.63, 3.8) is 0 Å². The molecule has 0 fully saturated rings. The number of ether oxygens (including phenoxy) is 2. The molecule has 4 amide bonds. The van der Waals surface area contributed by atoms with E-state index in [4.69, 9.17) is 22.8 Å². The topological polar surface area (TPSA) is 200 Å². The summed E-state index contributed by atoms with van der Waals surface area (Å²) in [5.41, 5.74) is 0. The quantitative estimate of drug-likeness (QED) is 0.0476. The maximum absolute atomic E-state index is 12.2. The Morgan fingerprint density at radius 1 is 0.558 bits per heavy atom. The predicted molar refractivity (Wildman–Crippen MR) is 156 cm³/mol. The van der Waals surface area contributed by atoms with Crippen LogP contribution < -0.4 is 21.3 Å². The molecular formula is C26H49N5O11Si. The molecule has 0 bridgehead atoms. The van der Waals surface area contributed by atoms with E-state index >= 15 is 0 Å². The van der Waals surface area contributed by atoms with E-state index in [2.05, 4.69) is 21.3 Å². The van der Waals surface area contributed by atoms with Crippen molar-refractivity contribution in [1.82, 2.24) is 26.2 Å². The first-order valence-electron chi connectivity index (χ1n) is 14.4. The lowest BCUT2D eigenvalue weighted by Crippen LogP contribution is -2.47. The fourth-order valence-electron chi connectivity index (χ4n) is 3.44. The fraction of sp³-hybridized carbons (Fsp3) is 0.769. The zero-order chi connectivity index (χ0) is 32.5. The zero-order valence-corrected chi connectivity index (χ0v) is 27.0. The second-order valence-electron chi connectivity index (χ2n) is 9.24. The van der Waals surface area contributed by atoms with Crippen LogP contribution in [0.25, 0.3) is 0 Å². The third kappa shape index (κ3) is 18.2. The molecule has 0 aliphatic heterocycles. The molecule has 17 heteroatoms. The number of nitrogens with one attached hydrogen (secondary N) is 4. The number of carbonyl (C=O) groups is 6. The minimum absolute atomic E-state index is 0.0678. The molecule has 0 aromatic rings. The summed E-state index contributed by atoms with van der Waals surface area (Å²) in [5.74, 6) is -5.37. The normalized spacial score (nSPS) is 11.0. The molecule has 43 heavy (non-hydrogen) atoms. The van der Waals surface area contributed by atoms with Gasteiger partial charge in [-0.2, -0.15) is 0 Å². The number of unbranched alkanes of at least 4 members (excludes halogenated alkanes) is 2. The number of hydrogen-bond donors (Lipinski definition) is 4. The number of hydrogen-bond acceptors (Lipinski definition) is 12. The summed E-state index contributed by atoms with van der Waals surface area (Å²) in [6, 6.07) is 0.452. The van der Waals surface area contributed by atoms with Crippen molar-refractivity contribution in [2.24, 2.45) is 0 Å². The highest BCUT2D eigenvalue weighted by Crippen LogP contribution is 2.14. The van der Waals surface area contributed by atoms with Crippen molar-refractivity contribution in [2.75, 3.05) is 80.4 Å². The number of nitrogens with zero attached hydrogens (tertiary/aromatic N) is 1. The number of amides is 4. The summed E-state index contributed by atoms with van der Waals surface area (Å²) in [6.07, 6.45) is 3.39. The Kier molecular flexibility index (Phi) is 22.6. The van der Waals surface area contributed by atoms with Crippen molar-refractivity contribution in [3.8, 4) is 0 Å². The molecule has 0 aromatic carbocycles. The third-order valence-corrected chi connectivity index (χ3v) is 8.89. The van der Waals surface area contributed by atoms with E-state index in [1.54, 1.807) is 4.90 Å². The van der Waals surface area contributed by atoms with E-state index in [1.165, 1.54) is 21.3 Å². The molecule has 0 saturated carbocycles. The van der Waals surface area contributed by atoms with Gasteiger partial charge in [0.25, 0.3) is 0 Å². The van der Waals surface area contributed by atoms with E-state index in [9.17, 15) is 28.8 Å². The SMILES string of the molecule is CCCCOC(=O)C(=O)NCCN(CCNC(=O)C(=O)NCCC[Si](OC)(OC)OC)CCNC(=O)C(=O)OCCCC.